The monoisotopic (exact) mass is 412 g/mol. The van der Waals surface area contributed by atoms with Gasteiger partial charge in [0.25, 0.3) is 5.91 Å². The van der Waals surface area contributed by atoms with Gasteiger partial charge in [0.05, 0.1) is 6.04 Å². The van der Waals surface area contributed by atoms with Crippen molar-refractivity contribution in [3.63, 3.8) is 0 Å². The summed E-state index contributed by atoms with van der Waals surface area (Å²) in [6.45, 7) is 3.12. The number of alkyl halides is 5. The van der Waals surface area contributed by atoms with Gasteiger partial charge in [-0.25, -0.2) is 9.50 Å². The first-order valence-corrected chi connectivity index (χ1v) is 8.73. The van der Waals surface area contributed by atoms with E-state index in [9.17, 15) is 26.7 Å². The van der Waals surface area contributed by atoms with Gasteiger partial charge < -0.3 is 5.32 Å². The van der Waals surface area contributed by atoms with Crippen LogP contribution in [0.3, 0.4) is 0 Å². The van der Waals surface area contributed by atoms with Crippen LogP contribution in [0.15, 0.2) is 42.5 Å². The number of aryl methyl sites for hydroxylation is 1. The van der Waals surface area contributed by atoms with E-state index in [4.69, 9.17) is 0 Å². The molecule has 0 bridgehead atoms. The molecular weight excluding hydrogens is 395 g/mol. The van der Waals surface area contributed by atoms with Crippen LogP contribution in [0.2, 0.25) is 0 Å². The number of hydrogen-bond donors (Lipinski definition) is 1. The average Bonchev–Trinajstić information content (AvgIpc) is 3.08. The van der Waals surface area contributed by atoms with Gasteiger partial charge in [-0.3, -0.25) is 4.79 Å². The lowest BCUT2D eigenvalue weighted by molar-refractivity contribution is -0.291. The first-order chi connectivity index (χ1) is 13.5. The van der Waals surface area contributed by atoms with Crippen LogP contribution in [-0.4, -0.2) is 26.7 Å². The van der Waals surface area contributed by atoms with Crippen molar-refractivity contribution in [2.24, 2.45) is 0 Å². The van der Waals surface area contributed by atoms with Crippen molar-refractivity contribution < 1.29 is 26.7 Å². The molecule has 3 aromatic rings. The number of halogens is 5. The molecule has 0 saturated carbocycles. The predicted molar refractivity (Wildman–Crippen MR) is 94.6 cm³/mol. The molecule has 3 rings (SSSR count). The summed E-state index contributed by atoms with van der Waals surface area (Å²) in [7, 11) is 0. The summed E-state index contributed by atoms with van der Waals surface area (Å²) >= 11 is 0. The Morgan fingerprint density at radius 3 is 2.38 bits per heavy atom. The second kappa shape index (κ2) is 7.41. The topological polar surface area (TPSA) is 59.3 Å². The quantitative estimate of drug-likeness (QED) is 0.625. The van der Waals surface area contributed by atoms with Crippen LogP contribution in [0.1, 0.15) is 46.8 Å². The molecule has 0 saturated heterocycles. The minimum atomic E-state index is -5.82. The van der Waals surface area contributed by atoms with Crippen LogP contribution in [0, 0.1) is 6.92 Å². The number of hydrogen-bond acceptors (Lipinski definition) is 3. The van der Waals surface area contributed by atoms with Crippen molar-refractivity contribution in [2.45, 2.75) is 38.4 Å². The van der Waals surface area contributed by atoms with E-state index < -0.39 is 23.7 Å². The van der Waals surface area contributed by atoms with Gasteiger partial charge in [0.2, 0.25) is 0 Å². The summed E-state index contributed by atoms with van der Waals surface area (Å²) in [5.74, 6) is -5.86. The maximum atomic E-state index is 14.0. The maximum Gasteiger partial charge on any atom is 0.459 e. The Morgan fingerprint density at radius 2 is 1.79 bits per heavy atom. The van der Waals surface area contributed by atoms with E-state index in [1.807, 2.05) is 25.1 Å². The maximum absolute atomic E-state index is 14.0. The van der Waals surface area contributed by atoms with Crippen molar-refractivity contribution in [2.75, 3.05) is 0 Å². The molecule has 0 fully saturated rings. The molecule has 5 nitrogen and oxygen atoms in total. The van der Waals surface area contributed by atoms with Gasteiger partial charge >= 0.3 is 12.1 Å². The zero-order valence-corrected chi connectivity index (χ0v) is 15.5. The predicted octanol–water partition coefficient (Wildman–Crippen LogP) is 4.57. The number of nitrogens with zero attached hydrogens (tertiary/aromatic N) is 3. The molecule has 1 aromatic carbocycles. The average molecular weight is 412 g/mol. The highest BCUT2D eigenvalue weighted by Gasteiger charge is 2.60. The van der Waals surface area contributed by atoms with Gasteiger partial charge in [-0.1, -0.05) is 37.3 Å². The van der Waals surface area contributed by atoms with E-state index in [2.05, 4.69) is 15.4 Å². The highest BCUT2D eigenvalue weighted by Crippen LogP contribution is 2.43. The minimum absolute atomic E-state index is 0.0565. The summed E-state index contributed by atoms with van der Waals surface area (Å²) in [6.07, 6.45) is -5.28. The van der Waals surface area contributed by atoms with Crippen LogP contribution in [-0.2, 0) is 5.92 Å². The molecule has 1 atom stereocenters. The van der Waals surface area contributed by atoms with Crippen LogP contribution >= 0.6 is 0 Å². The Morgan fingerprint density at radius 1 is 1.14 bits per heavy atom. The van der Waals surface area contributed by atoms with Crippen molar-refractivity contribution in [1.29, 1.82) is 0 Å². The number of benzene rings is 1. The van der Waals surface area contributed by atoms with Crippen molar-refractivity contribution >= 4 is 11.6 Å². The number of rotatable bonds is 5. The minimum Gasteiger partial charge on any atom is -0.344 e. The lowest BCUT2D eigenvalue weighted by Gasteiger charge is -2.20. The van der Waals surface area contributed by atoms with E-state index in [1.54, 1.807) is 12.1 Å². The van der Waals surface area contributed by atoms with Crippen LogP contribution in [0.25, 0.3) is 5.65 Å². The SMILES string of the molecule is CCC(NC(=O)c1cc2nc(C)cc(C(F)(F)C(F)(F)F)n2n1)c1ccccc1. The number of carbonyl (C=O) groups is 1. The molecule has 0 radical (unpaired) electrons. The summed E-state index contributed by atoms with van der Waals surface area (Å²) in [5.41, 5.74) is -1.22. The first-order valence-electron chi connectivity index (χ1n) is 8.73. The van der Waals surface area contributed by atoms with E-state index in [1.165, 1.54) is 6.92 Å². The molecule has 2 aromatic heterocycles. The van der Waals surface area contributed by atoms with Crippen molar-refractivity contribution in [1.82, 2.24) is 19.9 Å². The number of amides is 1. The molecule has 0 aliphatic heterocycles. The zero-order valence-electron chi connectivity index (χ0n) is 15.5. The van der Waals surface area contributed by atoms with Crippen LogP contribution in [0.5, 0.6) is 0 Å². The summed E-state index contributed by atoms with van der Waals surface area (Å²) in [4.78, 5) is 16.5. The molecule has 10 heteroatoms. The molecule has 29 heavy (non-hydrogen) atoms. The van der Waals surface area contributed by atoms with Gasteiger partial charge in [-0.05, 0) is 25.0 Å². The van der Waals surface area contributed by atoms with Crippen LogP contribution in [0.4, 0.5) is 22.0 Å². The first kappa shape index (κ1) is 20.7. The third kappa shape index (κ3) is 3.92. The fraction of sp³-hybridized carbons (Fsp3) is 0.316. The largest absolute Gasteiger partial charge is 0.459 e. The number of nitrogens with one attached hydrogen (secondary N) is 1. The summed E-state index contributed by atoms with van der Waals surface area (Å²) < 4.78 is 66.8. The van der Waals surface area contributed by atoms with E-state index in [0.29, 0.717) is 17.0 Å². The van der Waals surface area contributed by atoms with Gasteiger partial charge in [-0.15, -0.1) is 0 Å². The number of aromatic nitrogens is 3. The third-order valence-corrected chi connectivity index (χ3v) is 4.38. The van der Waals surface area contributed by atoms with E-state index in [0.717, 1.165) is 11.6 Å². The fourth-order valence-electron chi connectivity index (χ4n) is 2.92. The molecule has 2 heterocycles. The number of carbonyl (C=O) groups excluding carboxylic acids is 1. The summed E-state index contributed by atoms with van der Waals surface area (Å²) in [6, 6.07) is 10.3. The third-order valence-electron chi connectivity index (χ3n) is 4.38. The Balaban J connectivity index is 1.99. The van der Waals surface area contributed by atoms with Crippen molar-refractivity contribution in [3.8, 4) is 0 Å². The molecule has 0 aliphatic rings. The smallest absolute Gasteiger partial charge is 0.344 e. The van der Waals surface area contributed by atoms with Gasteiger partial charge in [-0.2, -0.15) is 27.1 Å². The molecule has 0 aliphatic carbocycles. The Bertz CT molecular complexity index is 1030. The lowest BCUT2D eigenvalue weighted by Crippen LogP contribution is -2.36. The second-order valence-corrected chi connectivity index (χ2v) is 6.50. The van der Waals surface area contributed by atoms with Crippen molar-refractivity contribution in [3.05, 3.63) is 65.1 Å². The Hall–Kier alpha value is -3.04. The van der Waals surface area contributed by atoms with Gasteiger partial charge in [0.1, 0.15) is 5.69 Å². The molecule has 0 spiro atoms. The summed E-state index contributed by atoms with van der Waals surface area (Å²) in [5, 5.41) is 6.39. The zero-order chi connectivity index (χ0) is 21.4. The second-order valence-electron chi connectivity index (χ2n) is 6.50. The van der Waals surface area contributed by atoms with E-state index >= 15 is 0 Å². The highest BCUT2D eigenvalue weighted by atomic mass is 19.4. The molecular formula is C19H17F5N4O. The molecule has 1 amide bonds. The molecule has 1 unspecified atom stereocenters. The molecule has 154 valence electrons. The van der Waals surface area contributed by atoms with Crippen LogP contribution < -0.4 is 5.32 Å². The lowest BCUT2D eigenvalue weighted by atomic mass is 10.0. The fourth-order valence-corrected chi connectivity index (χ4v) is 2.92. The standard InChI is InChI=1S/C19H17F5N4O/c1-3-13(12-7-5-4-6-8-12)26-17(29)14-10-16-25-11(2)9-15(28(16)27-14)18(20,21)19(22,23)24/h4-10,13H,3H2,1-2H3,(H,26,29). The highest BCUT2D eigenvalue weighted by molar-refractivity contribution is 5.93. The molecule has 1 N–H and O–H groups in total. The number of fused-ring (bicyclic) bond motifs is 1. The van der Waals surface area contributed by atoms with E-state index in [-0.39, 0.29) is 23.1 Å². The van der Waals surface area contributed by atoms with Gasteiger partial charge in [0.15, 0.2) is 11.3 Å². The normalized spacial score (nSPS) is 13.5. The van der Waals surface area contributed by atoms with Gasteiger partial charge in [0, 0.05) is 11.8 Å². The Labute approximate surface area is 162 Å². The Kier molecular flexibility index (Phi) is 5.29.